The van der Waals surface area contributed by atoms with Crippen LogP contribution in [0.15, 0.2) is 91.0 Å². The van der Waals surface area contributed by atoms with Crippen LogP contribution in [0.4, 0.5) is 4.79 Å². The molecule has 0 heterocycles. The number of nitrogens with zero attached hydrogens (tertiary/aromatic N) is 3. The topological polar surface area (TPSA) is 47.0 Å². The van der Waals surface area contributed by atoms with Crippen molar-refractivity contribution in [2.75, 3.05) is 13.1 Å². The number of carbonyl (C=O) groups excluding carboxylic acids is 1. The summed E-state index contributed by atoms with van der Waals surface area (Å²) in [7, 11) is 0. The summed E-state index contributed by atoms with van der Waals surface area (Å²) < 4.78 is 0. The molecule has 3 aromatic rings. The van der Waals surface area contributed by atoms with Crippen LogP contribution in [0.25, 0.3) is 0 Å². The van der Waals surface area contributed by atoms with Crippen molar-refractivity contribution in [3.8, 4) is 0 Å². The van der Waals surface area contributed by atoms with Crippen molar-refractivity contribution in [2.45, 2.75) is 78.6 Å². The molecule has 2 amide bonds. The zero-order chi connectivity index (χ0) is 28.3. The number of benzene rings is 3. The van der Waals surface area contributed by atoms with E-state index < -0.39 is 11.6 Å². The van der Waals surface area contributed by atoms with Crippen LogP contribution in [0.1, 0.15) is 64.2 Å². The fraction of sp³-hybridized carbons (Fsp3) is 0.441. The van der Waals surface area contributed by atoms with Crippen LogP contribution < -0.4 is 0 Å². The maximum Gasteiger partial charge on any atom is 0.335 e. The summed E-state index contributed by atoms with van der Waals surface area (Å²) in [5, 5.41) is 15.2. The fourth-order valence-electron chi connectivity index (χ4n) is 4.61. The van der Waals surface area contributed by atoms with E-state index in [1.807, 2.05) is 85.3 Å². The molecule has 0 bridgehead atoms. The second kappa shape index (κ2) is 14.9. The molecule has 0 saturated heterocycles. The first-order valence-electron chi connectivity index (χ1n) is 14.3. The normalized spacial score (nSPS) is 12.5. The highest BCUT2D eigenvalue weighted by atomic mass is 16.3. The second-order valence-corrected chi connectivity index (χ2v) is 11.8. The van der Waals surface area contributed by atoms with Gasteiger partial charge in [0.1, 0.15) is 0 Å². The standard InChI is InChI=1S/C34H47N3O2/c1-28(2)23-24-37(35(25-30-17-11-7-12-18-30)26-31-19-13-8-14-20-31)33(39)36(34(3,4)5)27-32(38)22-21-29-15-9-6-10-16-29/h6-20,28,32,38H,21-27H2,1-5H3/t32-/m1/s1. The molecule has 1 atom stereocenters. The van der Waals surface area contributed by atoms with Crippen LogP contribution in [0.3, 0.4) is 0 Å². The zero-order valence-corrected chi connectivity index (χ0v) is 24.5. The summed E-state index contributed by atoms with van der Waals surface area (Å²) in [5.41, 5.74) is 3.05. The van der Waals surface area contributed by atoms with Crippen molar-refractivity contribution >= 4 is 6.03 Å². The average Bonchev–Trinajstić information content (AvgIpc) is 2.91. The molecule has 0 spiro atoms. The van der Waals surface area contributed by atoms with Crippen molar-refractivity contribution in [1.82, 2.24) is 14.9 Å². The molecule has 5 heteroatoms. The molecular formula is C34H47N3O2. The van der Waals surface area contributed by atoms with Gasteiger partial charge in [-0.2, -0.15) is 0 Å². The molecule has 0 radical (unpaired) electrons. The molecule has 0 aliphatic rings. The summed E-state index contributed by atoms with van der Waals surface area (Å²) in [5.74, 6) is 0.454. The van der Waals surface area contributed by atoms with E-state index in [4.69, 9.17) is 0 Å². The Morgan fingerprint density at radius 3 is 1.64 bits per heavy atom. The Kier molecular flexibility index (Phi) is 11.6. The van der Waals surface area contributed by atoms with Crippen LogP contribution in [-0.2, 0) is 19.5 Å². The number of rotatable bonds is 13. The lowest BCUT2D eigenvalue weighted by molar-refractivity contribution is -0.0353. The van der Waals surface area contributed by atoms with Gasteiger partial charge in [-0.3, -0.25) is 5.01 Å². The van der Waals surface area contributed by atoms with Gasteiger partial charge in [-0.25, -0.2) is 9.80 Å². The Bertz CT molecular complexity index is 1060. The van der Waals surface area contributed by atoms with E-state index in [9.17, 15) is 9.90 Å². The number of urea groups is 1. The first-order chi connectivity index (χ1) is 18.6. The van der Waals surface area contributed by atoms with E-state index >= 15 is 0 Å². The third kappa shape index (κ3) is 10.2. The number of aliphatic hydroxyl groups is 1. The first kappa shape index (κ1) is 30.4. The van der Waals surface area contributed by atoms with E-state index in [0.717, 1.165) is 24.0 Å². The van der Waals surface area contributed by atoms with Crippen LogP contribution >= 0.6 is 0 Å². The van der Waals surface area contributed by atoms with Gasteiger partial charge in [-0.1, -0.05) is 105 Å². The van der Waals surface area contributed by atoms with Crippen LogP contribution in [-0.4, -0.2) is 50.8 Å². The van der Waals surface area contributed by atoms with E-state index in [2.05, 4.69) is 55.3 Å². The summed E-state index contributed by atoms with van der Waals surface area (Å²) in [6.07, 6.45) is 1.66. The SMILES string of the molecule is CC(C)CCN(C(=O)N(C[C@H](O)CCc1ccccc1)C(C)(C)C)N(Cc1ccccc1)Cc1ccccc1. The fourth-order valence-corrected chi connectivity index (χ4v) is 4.61. The van der Waals surface area contributed by atoms with Gasteiger partial charge in [0, 0.05) is 31.7 Å². The van der Waals surface area contributed by atoms with Gasteiger partial charge < -0.3 is 10.0 Å². The Balaban J connectivity index is 1.87. The Morgan fingerprint density at radius 2 is 1.21 bits per heavy atom. The lowest BCUT2D eigenvalue weighted by Gasteiger charge is -2.44. The van der Waals surface area contributed by atoms with Crippen LogP contribution in [0.2, 0.25) is 0 Å². The number of hydrogen-bond donors (Lipinski definition) is 1. The predicted molar refractivity (Wildman–Crippen MR) is 161 cm³/mol. The molecule has 3 aromatic carbocycles. The molecule has 0 unspecified atom stereocenters. The van der Waals surface area contributed by atoms with Gasteiger partial charge in [0.15, 0.2) is 0 Å². The van der Waals surface area contributed by atoms with E-state index in [1.165, 1.54) is 5.56 Å². The van der Waals surface area contributed by atoms with Crippen molar-refractivity contribution in [3.63, 3.8) is 0 Å². The average molecular weight is 530 g/mol. The van der Waals surface area contributed by atoms with E-state index in [0.29, 0.717) is 32.0 Å². The van der Waals surface area contributed by atoms with Crippen LogP contribution in [0, 0.1) is 5.92 Å². The molecule has 3 rings (SSSR count). The zero-order valence-electron chi connectivity index (χ0n) is 24.5. The summed E-state index contributed by atoms with van der Waals surface area (Å²) in [6.45, 7) is 12.7. The van der Waals surface area contributed by atoms with Gasteiger partial charge in [0.05, 0.1) is 6.10 Å². The van der Waals surface area contributed by atoms with Crippen molar-refractivity contribution < 1.29 is 9.90 Å². The number of β-amino-alcohol motifs (C(OH)–C–C–N with tert-alkyl or cyclic N) is 1. The monoisotopic (exact) mass is 529 g/mol. The second-order valence-electron chi connectivity index (χ2n) is 11.8. The number of carbonyl (C=O) groups is 1. The van der Waals surface area contributed by atoms with Gasteiger partial charge in [0.2, 0.25) is 0 Å². The van der Waals surface area contributed by atoms with Gasteiger partial charge in [-0.05, 0) is 62.6 Å². The quantitative estimate of drug-likeness (QED) is 0.239. The molecule has 39 heavy (non-hydrogen) atoms. The molecule has 5 nitrogen and oxygen atoms in total. The van der Waals surface area contributed by atoms with E-state index in [-0.39, 0.29) is 12.6 Å². The highest BCUT2D eigenvalue weighted by molar-refractivity contribution is 5.75. The summed E-state index contributed by atoms with van der Waals surface area (Å²) in [4.78, 5) is 16.3. The minimum Gasteiger partial charge on any atom is -0.391 e. The Labute approximate surface area is 236 Å². The predicted octanol–water partition coefficient (Wildman–Crippen LogP) is 7.17. The summed E-state index contributed by atoms with van der Waals surface area (Å²) in [6, 6.07) is 30.8. The van der Waals surface area contributed by atoms with Gasteiger partial charge in [-0.15, -0.1) is 0 Å². The lowest BCUT2D eigenvalue weighted by atomic mass is 10.0. The number of aryl methyl sites for hydroxylation is 1. The largest absolute Gasteiger partial charge is 0.391 e. The van der Waals surface area contributed by atoms with E-state index in [1.54, 1.807) is 0 Å². The minimum atomic E-state index is -0.614. The number of amides is 2. The molecule has 1 N–H and O–H groups in total. The molecule has 0 saturated carbocycles. The van der Waals surface area contributed by atoms with Crippen molar-refractivity contribution in [2.24, 2.45) is 5.92 Å². The highest BCUT2D eigenvalue weighted by Crippen LogP contribution is 2.22. The molecule has 0 fully saturated rings. The first-order valence-corrected chi connectivity index (χ1v) is 14.3. The van der Waals surface area contributed by atoms with Gasteiger partial charge >= 0.3 is 6.03 Å². The number of hydrogen-bond acceptors (Lipinski definition) is 3. The Hall–Kier alpha value is -3.15. The number of hydrazine groups is 1. The summed E-state index contributed by atoms with van der Waals surface area (Å²) >= 11 is 0. The molecule has 0 aromatic heterocycles. The smallest absolute Gasteiger partial charge is 0.335 e. The van der Waals surface area contributed by atoms with Gasteiger partial charge in [0.25, 0.3) is 0 Å². The molecule has 210 valence electrons. The third-order valence-electron chi connectivity index (χ3n) is 6.94. The maximum absolute atomic E-state index is 14.4. The van der Waals surface area contributed by atoms with Crippen molar-refractivity contribution in [3.05, 3.63) is 108 Å². The molecular weight excluding hydrogens is 482 g/mol. The van der Waals surface area contributed by atoms with Crippen LogP contribution in [0.5, 0.6) is 0 Å². The highest BCUT2D eigenvalue weighted by Gasteiger charge is 2.34. The number of aliphatic hydroxyl groups excluding tert-OH is 1. The Morgan fingerprint density at radius 1 is 0.744 bits per heavy atom. The lowest BCUT2D eigenvalue weighted by Crippen LogP contribution is -2.58. The van der Waals surface area contributed by atoms with Crippen molar-refractivity contribution in [1.29, 1.82) is 0 Å². The molecule has 0 aliphatic heterocycles. The molecule has 0 aliphatic carbocycles. The third-order valence-corrected chi connectivity index (χ3v) is 6.94. The minimum absolute atomic E-state index is 0.0613. The maximum atomic E-state index is 14.4.